The Bertz CT molecular complexity index is 1330. The number of nitrogens with zero attached hydrogens (tertiary/aromatic N) is 4. The molecule has 0 saturated carbocycles. The van der Waals surface area contributed by atoms with E-state index < -0.39 is 32.8 Å². The number of hydrogen-bond donors (Lipinski definition) is 1. The van der Waals surface area contributed by atoms with Crippen LogP contribution in [0.4, 0.5) is 5.69 Å². The number of hydrogen-bond acceptors (Lipinski definition) is 8. The number of nitro groups is 1. The van der Waals surface area contributed by atoms with Crippen LogP contribution in [0.15, 0.2) is 47.4 Å². The molecule has 174 valence electrons. The first-order chi connectivity index (χ1) is 16.3. The highest BCUT2D eigenvalue weighted by molar-refractivity contribution is 7.89. The fourth-order valence-electron chi connectivity index (χ4n) is 4.09. The van der Waals surface area contributed by atoms with Gasteiger partial charge in [-0.15, -0.1) is 0 Å². The summed E-state index contributed by atoms with van der Waals surface area (Å²) >= 11 is 0. The normalized spacial score (nSPS) is 19.9. The summed E-state index contributed by atoms with van der Waals surface area (Å²) in [7, 11) is -2.74. The Morgan fingerprint density at radius 2 is 1.94 bits per heavy atom. The van der Waals surface area contributed by atoms with Gasteiger partial charge in [-0.3, -0.25) is 10.1 Å². The zero-order valence-electron chi connectivity index (χ0n) is 18.1. The average molecular weight is 481 g/mol. The summed E-state index contributed by atoms with van der Waals surface area (Å²) in [4.78, 5) is 10.1. The van der Waals surface area contributed by atoms with E-state index in [0.29, 0.717) is 16.9 Å². The quantitative estimate of drug-likeness (QED) is 0.374. The lowest BCUT2D eigenvalue weighted by molar-refractivity contribution is -0.384. The van der Waals surface area contributed by atoms with Crippen LogP contribution < -0.4 is 4.74 Å². The molecule has 34 heavy (non-hydrogen) atoms. The number of nitriles is 2. The van der Waals surface area contributed by atoms with Crippen molar-refractivity contribution in [1.29, 1.82) is 10.5 Å². The minimum absolute atomic E-state index is 0.0785. The van der Waals surface area contributed by atoms with Gasteiger partial charge in [0, 0.05) is 48.1 Å². The van der Waals surface area contributed by atoms with Crippen molar-refractivity contribution in [3.63, 3.8) is 0 Å². The molecule has 1 fully saturated rings. The molecule has 0 spiro atoms. The van der Waals surface area contributed by atoms with Crippen LogP contribution >= 0.6 is 0 Å². The topological polar surface area (TPSA) is 158 Å². The van der Waals surface area contributed by atoms with Crippen molar-refractivity contribution in [2.24, 2.45) is 5.92 Å². The van der Waals surface area contributed by atoms with Crippen molar-refractivity contribution >= 4 is 15.7 Å². The largest absolute Gasteiger partial charge is 0.496 e. The molecule has 0 unspecified atom stereocenters. The number of nitro benzene ring substituents is 1. The first-order valence-electron chi connectivity index (χ1n) is 10.1. The molecular weight excluding hydrogens is 460 g/mol. The maximum atomic E-state index is 13.4. The Morgan fingerprint density at radius 3 is 2.50 bits per heavy atom. The maximum absolute atomic E-state index is 13.4. The molecule has 10 nitrogen and oxygen atoms in total. The molecule has 3 atom stereocenters. The van der Waals surface area contributed by atoms with Crippen LogP contribution in [0, 0.1) is 50.5 Å². The van der Waals surface area contributed by atoms with Crippen LogP contribution in [0.5, 0.6) is 5.75 Å². The van der Waals surface area contributed by atoms with E-state index in [1.807, 2.05) is 12.1 Å². The molecule has 1 N–H and O–H groups in total. The van der Waals surface area contributed by atoms with E-state index in [9.17, 15) is 29.1 Å². The third-order valence-electron chi connectivity index (χ3n) is 5.66. The van der Waals surface area contributed by atoms with Gasteiger partial charge >= 0.3 is 0 Å². The molecule has 0 amide bonds. The molecule has 1 aliphatic rings. The number of ether oxygens (including phenoxy) is 1. The number of rotatable bonds is 6. The van der Waals surface area contributed by atoms with Crippen molar-refractivity contribution in [2.75, 3.05) is 20.3 Å². The van der Waals surface area contributed by atoms with Gasteiger partial charge in [0.05, 0.1) is 29.1 Å². The SMILES string of the molecule is COc1ccc(C#CCO)cc1[C@H]1CN(S(=O)(=O)c2ccc([N+](=O)[O-])cc2)[C@H](C#N)[C@H]1CC#N. The minimum Gasteiger partial charge on any atom is -0.496 e. The molecular formula is C23H20N4O6S. The minimum atomic E-state index is -4.20. The number of aliphatic hydroxyl groups is 1. The number of methoxy groups -OCH3 is 1. The van der Waals surface area contributed by atoms with Crippen molar-refractivity contribution < 1.29 is 23.2 Å². The Balaban J connectivity index is 2.09. The van der Waals surface area contributed by atoms with Crippen LogP contribution in [0.3, 0.4) is 0 Å². The Labute approximate surface area is 196 Å². The molecule has 11 heteroatoms. The predicted octanol–water partition coefficient (Wildman–Crippen LogP) is 2.16. The number of benzene rings is 2. The van der Waals surface area contributed by atoms with E-state index >= 15 is 0 Å². The van der Waals surface area contributed by atoms with Crippen LogP contribution in [0.2, 0.25) is 0 Å². The standard InChI is InChI=1S/C23H20N4O6S/c1-33-23-9-4-16(3-2-12-28)13-20(23)21-15-26(22(14-25)19(21)10-11-24)34(31,32)18-7-5-17(6-8-18)27(29)30/h4-9,13,19,21-22,28H,10,12,15H2,1H3/t19-,21-,22+/m0/s1. The molecule has 2 aromatic rings. The summed E-state index contributed by atoms with van der Waals surface area (Å²) in [6.07, 6.45) is -0.0785. The summed E-state index contributed by atoms with van der Waals surface area (Å²) in [5.41, 5.74) is 0.892. The van der Waals surface area contributed by atoms with Crippen LogP contribution in [0.25, 0.3) is 0 Å². The fourth-order valence-corrected chi connectivity index (χ4v) is 5.70. The van der Waals surface area contributed by atoms with Gasteiger partial charge in [0.15, 0.2) is 0 Å². The maximum Gasteiger partial charge on any atom is 0.269 e. The monoisotopic (exact) mass is 480 g/mol. The third kappa shape index (κ3) is 4.70. The van der Waals surface area contributed by atoms with Crippen molar-refractivity contribution in [1.82, 2.24) is 4.31 Å². The van der Waals surface area contributed by atoms with Gasteiger partial charge in [0.2, 0.25) is 10.0 Å². The van der Waals surface area contributed by atoms with E-state index in [0.717, 1.165) is 28.6 Å². The smallest absolute Gasteiger partial charge is 0.269 e. The molecule has 1 heterocycles. The average Bonchev–Trinajstić information content (AvgIpc) is 3.21. The van der Waals surface area contributed by atoms with E-state index in [4.69, 9.17) is 9.84 Å². The first-order valence-corrected chi connectivity index (χ1v) is 11.5. The molecule has 0 aromatic heterocycles. The van der Waals surface area contributed by atoms with E-state index in [2.05, 4.69) is 11.8 Å². The Hall–Kier alpha value is -3.95. The van der Waals surface area contributed by atoms with Crippen LogP contribution in [-0.2, 0) is 10.0 Å². The van der Waals surface area contributed by atoms with E-state index in [1.54, 1.807) is 18.2 Å². The van der Waals surface area contributed by atoms with Gasteiger partial charge in [-0.1, -0.05) is 11.8 Å². The summed E-state index contributed by atoms with van der Waals surface area (Å²) in [6, 6.07) is 12.4. The highest BCUT2D eigenvalue weighted by Crippen LogP contribution is 2.44. The third-order valence-corrected chi connectivity index (χ3v) is 7.53. The molecule has 0 radical (unpaired) electrons. The Morgan fingerprint density at radius 1 is 1.24 bits per heavy atom. The van der Waals surface area contributed by atoms with E-state index in [-0.39, 0.29) is 30.2 Å². The number of sulfonamides is 1. The van der Waals surface area contributed by atoms with E-state index in [1.165, 1.54) is 7.11 Å². The summed E-state index contributed by atoms with van der Waals surface area (Å²) in [5, 5.41) is 39.2. The van der Waals surface area contributed by atoms with Crippen molar-refractivity contribution in [3.05, 3.63) is 63.7 Å². The van der Waals surface area contributed by atoms with Gasteiger partial charge in [0.1, 0.15) is 18.4 Å². The lowest BCUT2D eigenvalue weighted by Gasteiger charge is -2.21. The molecule has 1 saturated heterocycles. The zero-order valence-corrected chi connectivity index (χ0v) is 18.9. The highest BCUT2D eigenvalue weighted by atomic mass is 32.2. The number of aliphatic hydroxyl groups excluding tert-OH is 1. The summed E-state index contributed by atoms with van der Waals surface area (Å²) in [5.74, 6) is 4.58. The van der Waals surface area contributed by atoms with Gasteiger partial charge < -0.3 is 9.84 Å². The second kappa shape index (κ2) is 10.3. The second-order valence-electron chi connectivity index (χ2n) is 7.45. The molecule has 0 bridgehead atoms. The van der Waals surface area contributed by atoms with Gasteiger partial charge in [-0.05, 0) is 30.3 Å². The molecule has 3 rings (SSSR count). The molecule has 2 aromatic carbocycles. The van der Waals surface area contributed by atoms with Gasteiger partial charge in [-0.2, -0.15) is 14.8 Å². The zero-order chi connectivity index (χ0) is 24.9. The van der Waals surface area contributed by atoms with Crippen molar-refractivity contribution in [3.8, 4) is 29.7 Å². The second-order valence-corrected chi connectivity index (χ2v) is 9.34. The molecule has 1 aliphatic heterocycles. The lowest BCUT2D eigenvalue weighted by atomic mass is 9.83. The summed E-state index contributed by atoms with van der Waals surface area (Å²) < 4.78 is 33.3. The summed E-state index contributed by atoms with van der Waals surface area (Å²) in [6.45, 7) is -0.434. The van der Waals surface area contributed by atoms with Crippen molar-refractivity contribution in [2.45, 2.75) is 23.3 Å². The van der Waals surface area contributed by atoms with Crippen LogP contribution in [-0.4, -0.2) is 49.1 Å². The fraction of sp³-hybridized carbons (Fsp3) is 0.304. The van der Waals surface area contributed by atoms with Gasteiger partial charge in [0.25, 0.3) is 5.69 Å². The Kier molecular flexibility index (Phi) is 7.50. The van der Waals surface area contributed by atoms with Crippen LogP contribution in [0.1, 0.15) is 23.5 Å². The molecule has 0 aliphatic carbocycles. The lowest BCUT2D eigenvalue weighted by Crippen LogP contribution is -2.36. The predicted molar refractivity (Wildman–Crippen MR) is 120 cm³/mol. The van der Waals surface area contributed by atoms with Gasteiger partial charge in [-0.25, -0.2) is 8.42 Å². The first kappa shape index (κ1) is 24.7. The number of non-ortho nitro benzene ring substituents is 1. The highest BCUT2D eigenvalue weighted by Gasteiger charge is 2.48.